The Kier molecular flexibility index (Phi) is 1.22. The summed E-state index contributed by atoms with van der Waals surface area (Å²) in [5, 5.41) is 3.28. The summed E-state index contributed by atoms with van der Waals surface area (Å²) in [5.74, 6) is 0. The molecule has 52 valence electrons. The van der Waals surface area contributed by atoms with Gasteiger partial charge in [0.05, 0.1) is 6.61 Å². The predicted molar refractivity (Wildman–Crippen MR) is 33.9 cm³/mol. The van der Waals surface area contributed by atoms with Gasteiger partial charge in [-0.05, 0) is 6.42 Å². The zero-order valence-electron chi connectivity index (χ0n) is 5.44. The van der Waals surface area contributed by atoms with Gasteiger partial charge in [0.15, 0.2) is 0 Å². The number of hydrogen-bond acceptors (Lipinski definition) is 3. The Balaban J connectivity index is 1.93. The largest absolute Gasteiger partial charge is 0.315 e. The van der Waals surface area contributed by atoms with Gasteiger partial charge < -0.3 is 10.2 Å². The lowest BCUT2D eigenvalue weighted by Crippen LogP contribution is -2.60. The Hall–Kier alpha value is -0.120. The maximum atomic E-state index is 5.02. The van der Waals surface area contributed by atoms with Gasteiger partial charge in [-0.15, -0.1) is 0 Å². The van der Waals surface area contributed by atoms with E-state index >= 15 is 0 Å². The van der Waals surface area contributed by atoms with Crippen molar-refractivity contribution in [2.75, 3.05) is 26.2 Å². The molecule has 0 aromatic rings. The van der Waals surface area contributed by atoms with Crippen LogP contribution in [0.15, 0.2) is 0 Å². The maximum absolute atomic E-state index is 5.02. The first-order valence-electron chi connectivity index (χ1n) is 3.47. The molecule has 0 radical (unpaired) electrons. The molecular formula is C6H12N2O. The summed E-state index contributed by atoms with van der Waals surface area (Å²) >= 11 is 0. The molecule has 2 N–H and O–H groups in total. The van der Waals surface area contributed by atoms with Crippen LogP contribution in [0.1, 0.15) is 6.42 Å². The van der Waals surface area contributed by atoms with E-state index in [9.17, 15) is 0 Å². The summed E-state index contributed by atoms with van der Waals surface area (Å²) < 4.78 is 0. The molecule has 3 heteroatoms. The molecule has 0 saturated carbocycles. The van der Waals surface area contributed by atoms with Crippen LogP contribution in [0.25, 0.3) is 0 Å². The third-order valence-electron chi connectivity index (χ3n) is 2.28. The van der Waals surface area contributed by atoms with Crippen molar-refractivity contribution in [3.63, 3.8) is 0 Å². The average molecular weight is 128 g/mol. The zero-order chi connectivity index (χ0) is 6.16. The molecule has 0 unspecified atom stereocenters. The van der Waals surface area contributed by atoms with Gasteiger partial charge in [-0.25, -0.2) is 5.48 Å². The summed E-state index contributed by atoms with van der Waals surface area (Å²) in [7, 11) is 0. The molecule has 0 atom stereocenters. The van der Waals surface area contributed by atoms with Gasteiger partial charge in [-0.2, -0.15) is 0 Å². The van der Waals surface area contributed by atoms with Crippen LogP contribution in [0, 0.1) is 5.41 Å². The molecule has 1 spiro atoms. The van der Waals surface area contributed by atoms with Crippen LogP contribution in [-0.4, -0.2) is 26.2 Å². The molecular weight excluding hydrogens is 116 g/mol. The smallest absolute Gasteiger partial charge is 0.0688 e. The second kappa shape index (κ2) is 1.94. The molecule has 2 fully saturated rings. The highest BCUT2D eigenvalue weighted by Gasteiger charge is 2.38. The molecule has 2 rings (SSSR count). The minimum atomic E-state index is 0.554. The molecule has 2 aliphatic heterocycles. The quantitative estimate of drug-likeness (QED) is 0.461. The number of hydroxylamine groups is 1. The molecule has 2 saturated heterocycles. The zero-order valence-corrected chi connectivity index (χ0v) is 5.44. The second-order valence-electron chi connectivity index (χ2n) is 3.02. The van der Waals surface area contributed by atoms with E-state index in [0.717, 1.165) is 13.2 Å². The van der Waals surface area contributed by atoms with E-state index in [1.165, 1.54) is 19.5 Å². The van der Waals surface area contributed by atoms with Crippen LogP contribution in [0.2, 0.25) is 0 Å². The molecule has 0 aliphatic carbocycles. The number of nitrogens with one attached hydrogen (secondary N) is 2. The van der Waals surface area contributed by atoms with E-state index in [0.29, 0.717) is 5.41 Å². The maximum Gasteiger partial charge on any atom is 0.0688 e. The van der Waals surface area contributed by atoms with Crippen LogP contribution in [0.3, 0.4) is 0 Å². The fraction of sp³-hybridized carbons (Fsp3) is 1.00. The minimum Gasteiger partial charge on any atom is -0.315 e. The lowest BCUT2D eigenvalue weighted by Gasteiger charge is -2.45. The molecule has 0 bridgehead atoms. The summed E-state index contributed by atoms with van der Waals surface area (Å²) in [6, 6.07) is 0. The Morgan fingerprint density at radius 1 is 1.22 bits per heavy atom. The van der Waals surface area contributed by atoms with Crippen molar-refractivity contribution in [2.24, 2.45) is 5.41 Å². The van der Waals surface area contributed by atoms with Crippen molar-refractivity contribution < 1.29 is 4.84 Å². The van der Waals surface area contributed by atoms with E-state index in [2.05, 4.69) is 10.8 Å². The van der Waals surface area contributed by atoms with Crippen LogP contribution in [-0.2, 0) is 4.84 Å². The molecule has 0 aromatic carbocycles. The highest BCUT2D eigenvalue weighted by Crippen LogP contribution is 2.27. The van der Waals surface area contributed by atoms with Gasteiger partial charge in [0, 0.05) is 25.0 Å². The summed E-state index contributed by atoms with van der Waals surface area (Å²) in [5.41, 5.74) is 3.49. The van der Waals surface area contributed by atoms with E-state index in [4.69, 9.17) is 4.84 Å². The first-order valence-corrected chi connectivity index (χ1v) is 3.47. The van der Waals surface area contributed by atoms with Gasteiger partial charge in [-0.3, -0.25) is 0 Å². The standard InChI is InChI=1S/C6H12N2O/c1-2-9-8-5-6(1)3-7-4-6/h7-8H,1-5H2. The normalized spacial score (nSPS) is 32.0. The molecule has 9 heavy (non-hydrogen) atoms. The summed E-state index contributed by atoms with van der Waals surface area (Å²) in [6.45, 7) is 4.24. The van der Waals surface area contributed by atoms with Crippen molar-refractivity contribution in [1.82, 2.24) is 10.8 Å². The van der Waals surface area contributed by atoms with Crippen molar-refractivity contribution in [1.29, 1.82) is 0 Å². The molecule has 2 aliphatic rings. The van der Waals surface area contributed by atoms with E-state index in [1.807, 2.05) is 0 Å². The van der Waals surface area contributed by atoms with Gasteiger partial charge in [0.25, 0.3) is 0 Å². The van der Waals surface area contributed by atoms with Crippen molar-refractivity contribution >= 4 is 0 Å². The molecule has 3 nitrogen and oxygen atoms in total. The first-order chi connectivity index (χ1) is 4.41. The van der Waals surface area contributed by atoms with E-state index < -0.39 is 0 Å². The Morgan fingerprint density at radius 2 is 2.11 bits per heavy atom. The monoisotopic (exact) mass is 128 g/mol. The highest BCUT2D eigenvalue weighted by atomic mass is 16.6. The molecule has 0 amide bonds. The third-order valence-corrected chi connectivity index (χ3v) is 2.28. The van der Waals surface area contributed by atoms with Crippen LogP contribution < -0.4 is 10.8 Å². The van der Waals surface area contributed by atoms with E-state index in [1.54, 1.807) is 0 Å². The second-order valence-corrected chi connectivity index (χ2v) is 3.02. The molecule has 0 aromatic heterocycles. The van der Waals surface area contributed by atoms with Crippen molar-refractivity contribution in [3.8, 4) is 0 Å². The number of hydrogen-bond donors (Lipinski definition) is 2. The lowest BCUT2D eigenvalue weighted by atomic mass is 9.78. The fourth-order valence-electron chi connectivity index (χ4n) is 1.41. The van der Waals surface area contributed by atoms with Gasteiger partial charge in [0.1, 0.15) is 0 Å². The average Bonchev–Trinajstić information content (AvgIpc) is 1.87. The van der Waals surface area contributed by atoms with Gasteiger partial charge in [-0.1, -0.05) is 0 Å². The SMILES string of the molecule is C1CC2(CNC2)CNO1. The Labute approximate surface area is 54.7 Å². The number of rotatable bonds is 0. The van der Waals surface area contributed by atoms with Crippen LogP contribution in [0.4, 0.5) is 0 Å². The third kappa shape index (κ3) is 0.852. The lowest BCUT2D eigenvalue weighted by molar-refractivity contribution is -0.0642. The summed E-state index contributed by atoms with van der Waals surface area (Å²) in [4.78, 5) is 5.02. The highest BCUT2D eigenvalue weighted by molar-refractivity contribution is 4.94. The van der Waals surface area contributed by atoms with Crippen molar-refractivity contribution in [2.45, 2.75) is 6.42 Å². The summed E-state index contributed by atoms with van der Waals surface area (Å²) in [6.07, 6.45) is 1.22. The minimum absolute atomic E-state index is 0.554. The topological polar surface area (TPSA) is 33.3 Å². The fourth-order valence-corrected chi connectivity index (χ4v) is 1.41. The Morgan fingerprint density at radius 3 is 2.44 bits per heavy atom. The molecule has 2 heterocycles. The Bertz CT molecular complexity index is 104. The first kappa shape index (κ1) is 5.65. The van der Waals surface area contributed by atoms with Gasteiger partial charge in [0.2, 0.25) is 0 Å². The van der Waals surface area contributed by atoms with Crippen LogP contribution >= 0.6 is 0 Å². The van der Waals surface area contributed by atoms with Gasteiger partial charge >= 0.3 is 0 Å². The van der Waals surface area contributed by atoms with Crippen LogP contribution in [0.5, 0.6) is 0 Å². The van der Waals surface area contributed by atoms with E-state index in [-0.39, 0.29) is 0 Å². The van der Waals surface area contributed by atoms with Crippen molar-refractivity contribution in [3.05, 3.63) is 0 Å². The predicted octanol–water partition coefficient (Wildman–Crippen LogP) is -0.499.